The Morgan fingerprint density at radius 1 is 1.47 bits per heavy atom. The SMILES string of the molecule is CC(C)Cn1nnc2cc(C#N)ccc21. The number of nitriles is 1. The van der Waals surface area contributed by atoms with Gasteiger partial charge in [0.05, 0.1) is 17.1 Å². The second-order valence-electron chi connectivity index (χ2n) is 3.98. The molecule has 4 heteroatoms. The first kappa shape index (κ1) is 9.66. The van der Waals surface area contributed by atoms with Gasteiger partial charge in [-0.05, 0) is 24.1 Å². The summed E-state index contributed by atoms with van der Waals surface area (Å²) in [6, 6.07) is 7.55. The van der Waals surface area contributed by atoms with Crippen molar-refractivity contribution in [1.29, 1.82) is 5.26 Å². The third-order valence-electron chi connectivity index (χ3n) is 2.18. The van der Waals surface area contributed by atoms with Crippen molar-refractivity contribution in [3.63, 3.8) is 0 Å². The number of benzene rings is 1. The van der Waals surface area contributed by atoms with Crippen molar-refractivity contribution in [2.75, 3.05) is 0 Å². The Hall–Kier alpha value is -1.89. The van der Waals surface area contributed by atoms with E-state index in [1.165, 1.54) is 0 Å². The summed E-state index contributed by atoms with van der Waals surface area (Å²) in [4.78, 5) is 0. The summed E-state index contributed by atoms with van der Waals surface area (Å²) in [5.41, 5.74) is 2.40. The van der Waals surface area contributed by atoms with Crippen molar-refractivity contribution in [2.24, 2.45) is 5.92 Å². The minimum Gasteiger partial charge on any atom is -0.244 e. The van der Waals surface area contributed by atoms with Crippen LogP contribution in [-0.2, 0) is 6.54 Å². The van der Waals surface area contributed by atoms with Gasteiger partial charge in [0.25, 0.3) is 0 Å². The lowest BCUT2D eigenvalue weighted by Crippen LogP contribution is -2.05. The molecule has 15 heavy (non-hydrogen) atoms. The van der Waals surface area contributed by atoms with Gasteiger partial charge in [-0.2, -0.15) is 5.26 Å². The van der Waals surface area contributed by atoms with E-state index in [0.29, 0.717) is 11.5 Å². The molecule has 0 aliphatic rings. The molecule has 1 heterocycles. The van der Waals surface area contributed by atoms with Crippen LogP contribution in [0.2, 0.25) is 0 Å². The van der Waals surface area contributed by atoms with E-state index in [9.17, 15) is 0 Å². The zero-order chi connectivity index (χ0) is 10.8. The van der Waals surface area contributed by atoms with E-state index in [0.717, 1.165) is 17.6 Å². The van der Waals surface area contributed by atoms with Crippen molar-refractivity contribution in [3.05, 3.63) is 23.8 Å². The fourth-order valence-corrected chi connectivity index (χ4v) is 1.52. The lowest BCUT2D eigenvalue weighted by molar-refractivity contribution is 0.483. The van der Waals surface area contributed by atoms with Gasteiger partial charge in [0.2, 0.25) is 0 Å². The monoisotopic (exact) mass is 200 g/mol. The molecule has 0 spiro atoms. The van der Waals surface area contributed by atoms with Gasteiger partial charge >= 0.3 is 0 Å². The summed E-state index contributed by atoms with van der Waals surface area (Å²) < 4.78 is 1.88. The molecule has 0 N–H and O–H groups in total. The standard InChI is InChI=1S/C11H12N4/c1-8(2)7-15-11-4-3-9(6-12)5-10(11)13-14-15/h3-5,8H,7H2,1-2H3. The van der Waals surface area contributed by atoms with E-state index in [4.69, 9.17) is 5.26 Å². The van der Waals surface area contributed by atoms with Gasteiger partial charge in [0.1, 0.15) is 5.52 Å². The molecule has 1 aromatic heterocycles. The quantitative estimate of drug-likeness (QED) is 0.744. The van der Waals surface area contributed by atoms with Crippen LogP contribution in [0.25, 0.3) is 11.0 Å². The fraction of sp³-hybridized carbons (Fsp3) is 0.364. The van der Waals surface area contributed by atoms with Crippen molar-refractivity contribution in [3.8, 4) is 6.07 Å². The number of nitrogens with zero attached hydrogens (tertiary/aromatic N) is 4. The summed E-state index contributed by atoms with van der Waals surface area (Å²) >= 11 is 0. The molecule has 0 atom stereocenters. The maximum Gasteiger partial charge on any atom is 0.114 e. The zero-order valence-electron chi connectivity index (χ0n) is 8.81. The largest absolute Gasteiger partial charge is 0.244 e. The first-order chi connectivity index (χ1) is 7.20. The van der Waals surface area contributed by atoms with Crippen LogP contribution in [0.4, 0.5) is 0 Å². The first-order valence-corrected chi connectivity index (χ1v) is 4.94. The predicted octanol–water partition coefficient (Wildman–Crippen LogP) is 1.96. The normalized spacial score (nSPS) is 10.8. The zero-order valence-corrected chi connectivity index (χ0v) is 8.81. The fourth-order valence-electron chi connectivity index (χ4n) is 1.52. The molecule has 0 fully saturated rings. The van der Waals surface area contributed by atoms with Crippen LogP contribution >= 0.6 is 0 Å². The third kappa shape index (κ3) is 1.82. The van der Waals surface area contributed by atoms with Crippen LogP contribution in [0, 0.1) is 17.2 Å². The highest BCUT2D eigenvalue weighted by Gasteiger charge is 2.06. The van der Waals surface area contributed by atoms with Crippen LogP contribution in [-0.4, -0.2) is 15.0 Å². The van der Waals surface area contributed by atoms with Gasteiger partial charge in [-0.3, -0.25) is 0 Å². The van der Waals surface area contributed by atoms with Crippen molar-refractivity contribution < 1.29 is 0 Å². The summed E-state index contributed by atoms with van der Waals surface area (Å²) in [6.45, 7) is 5.12. The molecule has 0 radical (unpaired) electrons. The molecular formula is C11H12N4. The molecule has 0 bridgehead atoms. The Labute approximate surface area is 88.1 Å². The summed E-state index contributed by atoms with van der Waals surface area (Å²) in [5.74, 6) is 0.533. The molecule has 0 amide bonds. The summed E-state index contributed by atoms with van der Waals surface area (Å²) in [7, 11) is 0. The molecule has 2 aromatic rings. The Kier molecular flexibility index (Phi) is 2.38. The Morgan fingerprint density at radius 2 is 2.27 bits per heavy atom. The molecule has 4 nitrogen and oxygen atoms in total. The maximum absolute atomic E-state index is 8.74. The number of hydrogen-bond donors (Lipinski definition) is 0. The van der Waals surface area contributed by atoms with E-state index < -0.39 is 0 Å². The van der Waals surface area contributed by atoms with Crippen LogP contribution in [0.3, 0.4) is 0 Å². The maximum atomic E-state index is 8.74. The van der Waals surface area contributed by atoms with E-state index in [1.807, 2.05) is 10.7 Å². The molecule has 2 rings (SSSR count). The highest BCUT2D eigenvalue weighted by molar-refractivity contribution is 5.75. The van der Waals surface area contributed by atoms with Crippen molar-refractivity contribution in [2.45, 2.75) is 20.4 Å². The number of fused-ring (bicyclic) bond motifs is 1. The minimum absolute atomic E-state index is 0.533. The topological polar surface area (TPSA) is 54.5 Å². The number of rotatable bonds is 2. The van der Waals surface area contributed by atoms with E-state index in [-0.39, 0.29) is 0 Å². The van der Waals surface area contributed by atoms with Crippen LogP contribution < -0.4 is 0 Å². The first-order valence-electron chi connectivity index (χ1n) is 4.94. The number of aromatic nitrogens is 3. The van der Waals surface area contributed by atoms with Gasteiger partial charge in [0, 0.05) is 6.54 Å². The molecule has 0 aliphatic carbocycles. The molecule has 0 unspecified atom stereocenters. The molecule has 0 aliphatic heterocycles. The van der Waals surface area contributed by atoms with Crippen molar-refractivity contribution in [1.82, 2.24) is 15.0 Å². The molecular weight excluding hydrogens is 188 g/mol. The Bertz CT molecular complexity index is 519. The van der Waals surface area contributed by atoms with E-state index >= 15 is 0 Å². The van der Waals surface area contributed by atoms with Gasteiger partial charge in [-0.25, -0.2) is 4.68 Å². The number of hydrogen-bond acceptors (Lipinski definition) is 3. The van der Waals surface area contributed by atoms with E-state index in [1.54, 1.807) is 12.1 Å². The lowest BCUT2D eigenvalue weighted by atomic mass is 10.2. The van der Waals surface area contributed by atoms with Gasteiger partial charge in [-0.15, -0.1) is 5.10 Å². The smallest absolute Gasteiger partial charge is 0.114 e. The average molecular weight is 200 g/mol. The lowest BCUT2D eigenvalue weighted by Gasteiger charge is -2.04. The van der Waals surface area contributed by atoms with Gasteiger partial charge in [-0.1, -0.05) is 19.1 Å². The van der Waals surface area contributed by atoms with Gasteiger partial charge in [0.15, 0.2) is 0 Å². The van der Waals surface area contributed by atoms with Gasteiger partial charge < -0.3 is 0 Å². The summed E-state index contributed by atoms with van der Waals surface area (Å²) in [6.07, 6.45) is 0. The molecule has 1 aromatic carbocycles. The second kappa shape index (κ2) is 3.70. The summed E-state index contributed by atoms with van der Waals surface area (Å²) in [5, 5.41) is 16.9. The molecule has 0 saturated heterocycles. The van der Waals surface area contributed by atoms with Crippen LogP contribution in [0.5, 0.6) is 0 Å². The predicted molar refractivity (Wildman–Crippen MR) is 57.1 cm³/mol. The highest BCUT2D eigenvalue weighted by Crippen LogP contribution is 2.14. The van der Waals surface area contributed by atoms with E-state index in [2.05, 4.69) is 30.2 Å². The average Bonchev–Trinajstić information content (AvgIpc) is 2.60. The van der Waals surface area contributed by atoms with Crippen molar-refractivity contribution >= 4 is 11.0 Å². The Morgan fingerprint density at radius 3 is 2.93 bits per heavy atom. The van der Waals surface area contributed by atoms with Crippen LogP contribution in [0.15, 0.2) is 18.2 Å². The third-order valence-corrected chi connectivity index (χ3v) is 2.18. The highest BCUT2D eigenvalue weighted by atomic mass is 15.4. The van der Waals surface area contributed by atoms with Crippen LogP contribution in [0.1, 0.15) is 19.4 Å². The second-order valence-corrected chi connectivity index (χ2v) is 3.98. The molecule has 76 valence electrons. The Balaban J connectivity index is 2.48. The minimum atomic E-state index is 0.533. The molecule has 0 saturated carbocycles.